The Hall–Kier alpha value is -3.92. The van der Waals surface area contributed by atoms with Crippen LogP contribution in [-0.4, -0.2) is 26.7 Å². The van der Waals surface area contributed by atoms with Crippen LogP contribution in [0.3, 0.4) is 0 Å². The molecule has 156 valence electrons. The van der Waals surface area contributed by atoms with E-state index in [-0.39, 0.29) is 11.9 Å². The Kier molecular flexibility index (Phi) is 4.50. The SMILES string of the molecule is O=C(c1ccccc1)N1CCC[C@H]1c1cn2cccc(-c3cccc4ccccc34)c2n1. The second-order valence-electron chi connectivity index (χ2n) is 8.37. The van der Waals surface area contributed by atoms with Gasteiger partial charge in [-0.1, -0.05) is 60.7 Å². The lowest BCUT2D eigenvalue weighted by atomic mass is 9.99. The van der Waals surface area contributed by atoms with E-state index >= 15 is 0 Å². The van der Waals surface area contributed by atoms with Crippen molar-refractivity contribution in [2.24, 2.45) is 0 Å². The first-order valence-electron chi connectivity index (χ1n) is 11.1. The van der Waals surface area contributed by atoms with Gasteiger partial charge < -0.3 is 9.30 Å². The molecule has 1 aliphatic rings. The van der Waals surface area contributed by atoms with Gasteiger partial charge in [0.05, 0.1) is 11.7 Å². The largest absolute Gasteiger partial charge is 0.330 e. The lowest BCUT2D eigenvalue weighted by Gasteiger charge is -2.23. The highest BCUT2D eigenvalue weighted by Crippen LogP contribution is 2.35. The quantitative estimate of drug-likeness (QED) is 0.354. The molecular formula is C28H23N3O. The normalized spacial score (nSPS) is 16.1. The van der Waals surface area contributed by atoms with Crippen molar-refractivity contribution in [3.63, 3.8) is 0 Å². The molecule has 0 saturated carbocycles. The summed E-state index contributed by atoms with van der Waals surface area (Å²) in [5.41, 5.74) is 4.90. The third kappa shape index (κ3) is 3.07. The van der Waals surface area contributed by atoms with Crippen LogP contribution in [0.5, 0.6) is 0 Å². The van der Waals surface area contributed by atoms with Crippen molar-refractivity contribution >= 4 is 22.3 Å². The maximum absolute atomic E-state index is 13.2. The molecule has 0 spiro atoms. The number of fused-ring (bicyclic) bond motifs is 2. The second kappa shape index (κ2) is 7.65. The molecular weight excluding hydrogens is 394 g/mol. The number of nitrogens with zero attached hydrogens (tertiary/aromatic N) is 3. The minimum absolute atomic E-state index is 0.00275. The number of amides is 1. The van der Waals surface area contributed by atoms with E-state index in [1.165, 1.54) is 16.3 Å². The summed E-state index contributed by atoms with van der Waals surface area (Å²) in [5.74, 6) is 0.0828. The molecule has 1 fully saturated rings. The summed E-state index contributed by atoms with van der Waals surface area (Å²) in [6.45, 7) is 0.766. The maximum atomic E-state index is 13.2. The molecule has 1 saturated heterocycles. The topological polar surface area (TPSA) is 37.6 Å². The minimum Gasteiger partial charge on any atom is -0.330 e. The van der Waals surface area contributed by atoms with Crippen molar-refractivity contribution in [3.05, 3.63) is 109 Å². The first kappa shape index (κ1) is 18.8. The van der Waals surface area contributed by atoms with E-state index in [0.717, 1.165) is 41.9 Å². The molecule has 0 unspecified atom stereocenters. The number of carbonyl (C=O) groups excluding carboxylic acids is 1. The Bertz CT molecular complexity index is 1430. The highest BCUT2D eigenvalue weighted by Gasteiger charge is 2.32. The van der Waals surface area contributed by atoms with Crippen LogP contribution in [0.1, 0.15) is 34.9 Å². The van der Waals surface area contributed by atoms with Gasteiger partial charge in [0, 0.05) is 30.1 Å². The number of rotatable bonds is 3. The molecule has 0 bridgehead atoms. The maximum Gasteiger partial charge on any atom is 0.254 e. The van der Waals surface area contributed by atoms with Crippen LogP contribution in [0.4, 0.5) is 0 Å². The number of likely N-dealkylation sites (tertiary alicyclic amines) is 1. The monoisotopic (exact) mass is 417 g/mol. The molecule has 2 aromatic heterocycles. The van der Waals surface area contributed by atoms with Gasteiger partial charge in [0.2, 0.25) is 0 Å². The second-order valence-corrected chi connectivity index (χ2v) is 8.37. The standard InChI is InChI=1S/C28H23N3O/c32-28(21-10-2-1-3-11-21)31-18-8-16-26(31)25-19-30-17-7-15-24(27(30)29-25)23-14-6-12-20-9-4-5-13-22(20)23/h1-7,9-15,17,19,26H,8,16,18H2/t26-/m0/s1. The van der Waals surface area contributed by atoms with E-state index in [1.54, 1.807) is 0 Å². The summed E-state index contributed by atoms with van der Waals surface area (Å²) in [5, 5.41) is 2.43. The van der Waals surface area contributed by atoms with Gasteiger partial charge in [-0.05, 0) is 53.4 Å². The number of benzene rings is 3. The van der Waals surface area contributed by atoms with Crippen molar-refractivity contribution in [3.8, 4) is 11.1 Å². The Balaban J connectivity index is 1.43. The summed E-state index contributed by atoms with van der Waals surface area (Å²) in [4.78, 5) is 20.2. The van der Waals surface area contributed by atoms with Gasteiger partial charge in [-0.15, -0.1) is 0 Å². The highest BCUT2D eigenvalue weighted by molar-refractivity contribution is 5.99. The lowest BCUT2D eigenvalue weighted by Crippen LogP contribution is -2.30. The van der Waals surface area contributed by atoms with E-state index in [9.17, 15) is 4.79 Å². The van der Waals surface area contributed by atoms with Gasteiger partial charge in [0.25, 0.3) is 5.91 Å². The lowest BCUT2D eigenvalue weighted by molar-refractivity contribution is 0.0733. The first-order chi connectivity index (χ1) is 15.8. The minimum atomic E-state index is 0.00275. The molecule has 3 aromatic carbocycles. The predicted molar refractivity (Wildman–Crippen MR) is 128 cm³/mol. The molecule has 1 aliphatic heterocycles. The zero-order chi connectivity index (χ0) is 21.5. The van der Waals surface area contributed by atoms with Gasteiger partial charge in [-0.2, -0.15) is 0 Å². The first-order valence-corrected chi connectivity index (χ1v) is 11.1. The molecule has 1 atom stereocenters. The Morgan fingerprint density at radius 3 is 2.53 bits per heavy atom. The van der Waals surface area contributed by atoms with Gasteiger partial charge in [0.15, 0.2) is 0 Å². The van der Waals surface area contributed by atoms with Gasteiger partial charge in [0.1, 0.15) is 5.65 Å². The molecule has 4 nitrogen and oxygen atoms in total. The fourth-order valence-corrected chi connectivity index (χ4v) is 4.93. The van der Waals surface area contributed by atoms with E-state index in [4.69, 9.17) is 4.98 Å². The third-order valence-corrected chi connectivity index (χ3v) is 6.46. The molecule has 0 aliphatic carbocycles. The van der Waals surface area contributed by atoms with Crippen molar-refractivity contribution in [2.45, 2.75) is 18.9 Å². The molecule has 0 radical (unpaired) electrons. The molecule has 5 aromatic rings. The molecule has 1 amide bonds. The summed E-state index contributed by atoms with van der Waals surface area (Å²) in [6, 6.07) is 28.6. The Morgan fingerprint density at radius 2 is 1.62 bits per heavy atom. The van der Waals surface area contributed by atoms with Crippen LogP contribution in [0.25, 0.3) is 27.5 Å². The zero-order valence-electron chi connectivity index (χ0n) is 17.7. The Morgan fingerprint density at radius 1 is 0.844 bits per heavy atom. The zero-order valence-corrected chi connectivity index (χ0v) is 17.7. The molecule has 3 heterocycles. The summed E-state index contributed by atoms with van der Waals surface area (Å²) < 4.78 is 2.09. The van der Waals surface area contributed by atoms with Crippen LogP contribution < -0.4 is 0 Å². The molecule has 0 N–H and O–H groups in total. The smallest absolute Gasteiger partial charge is 0.254 e. The van der Waals surface area contributed by atoms with Crippen molar-refractivity contribution in [2.75, 3.05) is 6.54 Å². The molecule has 6 rings (SSSR count). The van der Waals surface area contributed by atoms with E-state index in [0.29, 0.717) is 0 Å². The molecule has 4 heteroatoms. The fraction of sp³-hybridized carbons (Fsp3) is 0.143. The number of imidazole rings is 1. The van der Waals surface area contributed by atoms with Gasteiger partial charge >= 0.3 is 0 Å². The number of pyridine rings is 1. The van der Waals surface area contributed by atoms with Gasteiger partial charge in [-0.3, -0.25) is 4.79 Å². The predicted octanol–water partition coefficient (Wildman–Crippen LogP) is 6.13. The van der Waals surface area contributed by atoms with Crippen LogP contribution in [0, 0.1) is 0 Å². The number of aromatic nitrogens is 2. The molecule has 32 heavy (non-hydrogen) atoms. The Labute approximate surface area is 186 Å². The average Bonchev–Trinajstić information content (AvgIpc) is 3.51. The third-order valence-electron chi connectivity index (χ3n) is 6.46. The van der Waals surface area contributed by atoms with Crippen LogP contribution in [0.15, 0.2) is 97.3 Å². The summed E-state index contributed by atoms with van der Waals surface area (Å²) in [7, 11) is 0. The number of hydrogen-bond donors (Lipinski definition) is 0. The van der Waals surface area contributed by atoms with Crippen molar-refractivity contribution < 1.29 is 4.79 Å². The van der Waals surface area contributed by atoms with Gasteiger partial charge in [-0.25, -0.2) is 4.98 Å². The average molecular weight is 418 g/mol. The van der Waals surface area contributed by atoms with E-state index in [1.807, 2.05) is 41.4 Å². The summed E-state index contributed by atoms with van der Waals surface area (Å²) >= 11 is 0. The van der Waals surface area contributed by atoms with Crippen LogP contribution >= 0.6 is 0 Å². The summed E-state index contributed by atoms with van der Waals surface area (Å²) in [6.07, 6.45) is 6.06. The number of carbonyl (C=O) groups is 1. The van der Waals surface area contributed by atoms with Crippen LogP contribution in [0.2, 0.25) is 0 Å². The van der Waals surface area contributed by atoms with E-state index in [2.05, 4.69) is 65.2 Å². The van der Waals surface area contributed by atoms with E-state index < -0.39 is 0 Å². The van der Waals surface area contributed by atoms with Crippen molar-refractivity contribution in [1.82, 2.24) is 14.3 Å². The van der Waals surface area contributed by atoms with Crippen molar-refractivity contribution in [1.29, 1.82) is 0 Å². The fourth-order valence-electron chi connectivity index (χ4n) is 4.93. The number of hydrogen-bond acceptors (Lipinski definition) is 2. The highest BCUT2D eigenvalue weighted by atomic mass is 16.2. The van der Waals surface area contributed by atoms with Crippen LogP contribution in [-0.2, 0) is 0 Å².